The highest BCUT2D eigenvalue weighted by Crippen LogP contribution is 2.18. The zero-order valence-corrected chi connectivity index (χ0v) is 14.8. The first-order valence-electron chi connectivity index (χ1n) is 8.07. The van der Waals surface area contributed by atoms with Crippen LogP contribution >= 0.6 is 0 Å². The molecule has 1 atom stereocenters. The molecule has 0 aromatic carbocycles. The molecule has 0 saturated carbocycles. The third kappa shape index (κ3) is 4.92. The number of nitrogens with one attached hydrogen (secondary N) is 1. The standard InChI is InChI=1S/C16H25N3O3S/c1-12(2)6-4-7-13(3)17-16(20)14-8-5-9-19-10-11-23(21,22)18-15(14)19/h5,8-9,12-13H,4,6-7,10-11H2,1-3H3,(H,17,20). The van der Waals surface area contributed by atoms with E-state index in [1.54, 1.807) is 23.3 Å². The molecule has 2 rings (SSSR count). The van der Waals surface area contributed by atoms with Gasteiger partial charge in [-0.3, -0.25) is 4.79 Å². The normalized spacial score (nSPS) is 20.6. The van der Waals surface area contributed by atoms with Crippen LogP contribution in [0.4, 0.5) is 0 Å². The first kappa shape index (κ1) is 17.7. The zero-order valence-electron chi connectivity index (χ0n) is 13.9. The Balaban J connectivity index is 2.02. The summed E-state index contributed by atoms with van der Waals surface area (Å²) >= 11 is 0. The summed E-state index contributed by atoms with van der Waals surface area (Å²) in [5, 5.41) is 2.94. The van der Waals surface area contributed by atoms with Crippen molar-refractivity contribution >= 4 is 21.8 Å². The molecular weight excluding hydrogens is 314 g/mol. The number of hydrogen-bond acceptors (Lipinski definition) is 4. The Morgan fingerprint density at radius 2 is 2.09 bits per heavy atom. The largest absolute Gasteiger partial charge is 0.349 e. The maximum Gasteiger partial charge on any atom is 0.256 e. The Morgan fingerprint density at radius 1 is 1.35 bits per heavy atom. The van der Waals surface area contributed by atoms with Gasteiger partial charge in [0.15, 0.2) is 5.84 Å². The molecule has 2 heterocycles. The zero-order chi connectivity index (χ0) is 17.0. The van der Waals surface area contributed by atoms with Crippen LogP contribution in [0.15, 0.2) is 28.3 Å². The maximum absolute atomic E-state index is 12.5. The molecular formula is C16H25N3O3S. The van der Waals surface area contributed by atoms with Gasteiger partial charge in [0.1, 0.15) is 0 Å². The van der Waals surface area contributed by atoms with E-state index in [1.807, 2.05) is 6.92 Å². The van der Waals surface area contributed by atoms with E-state index in [2.05, 4.69) is 23.6 Å². The van der Waals surface area contributed by atoms with Crippen LogP contribution in [0.5, 0.6) is 0 Å². The van der Waals surface area contributed by atoms with Crippen molar-refractivity contribution in [1.82, 2.24) is 10.2 Å². The summed E-state index contributed by atoms with van der Waals surface area (Å²) in [7, 11) is -3.48. The van der Waals surface area contributed by atoms with Crippen LogP contribution < -0.4 is 5.32 Å². The number of carbonyl (C=O) groups is 1. The van der Waals surface area contributed by atoms with Crippen LogP contribution in [-0.4, -0.2) is 43.4 Å². The smallest absolute Gasteiger partial charge is 0.256 e. The van der Waals surface area contributed by atoms with E-state index >= 15 is 0 Å². The van der Waals surface area contributed by atoms with E-state index in [0.29, 0.717) is 18.0 Å². The SMILES string of the molecule is CC(C)CCCC(C)NC(=O)C1=CC=CN2CCS(=O)(=O)N=C12. The first-order chi connectivity index (χ1) is 10.8. The predicted octanol–water partition coefficient (Wildman–Crippen LogP) is 1.81. The van der Waals surface area contributed by atoms with Crippen molar-refractivity contribution in [2.24, 2.45) is 10.3 Å². The molecule has 128 valence electrons. The molecule has 1 unspecified atom stereocenters. The van der Waals surface area contributed by atoms with Crippen LogP contribution in [0.2, 0.25) is 0 Å². The van der Waals surface area contributed by atoms with E-state index < -0.39 is 10.0 Å². The van der Waals surface area contributed by atoms with Gasteiger partial charge in [0.05, 0.1) is 11.3 Å². The number of sulfonamides is 1. The summed E-state index contributed by atoms with van der Waals surface area (Å²) in [4.78, 5) is 14.2. The molecule has 7 heteroatoms. The lowest BCUT2D eigenvalue weighted by Gasteiger charge is -2.29. The second kappa shape index (κ2) is 7.29. The number of nitrogens with zero attached hydrogens (tertiary/aromatic N) is 2. The summed E-state index contributed by atoms with van der Waals surface area (Å²) in [5.74, 6) is 0.582. The van der Waals surface area contributed by atoms with Crippen LogP contribution in [0.25, 0.3) is 0 Å². The van der Waals surface area contributed by atoms with E-state index in [4.69, 9.17) is 0 Å². The Morgan fingerprint density at radius 3 is 2.78 bits per heavy atom. The van der Waals surface area contributed by atoms with Crippen molar-refractivity contribution in [2.45, 2.75) is 46.1 Å². The summed E-state index contributed by atoms with van der Waals surface area (Å²) < 4.78 is 27.2. The van der Waals surface area contributed by atoms with Gasteiger partial charge in [-0.15, -0.1) is 4.40 Å². The van der Waals surface area contributed by atoms with Gasteiger partial charge in [-0.25, -0.2) is 8.42 Å². The first-order valence-corrected chi connectivity index (χ1v) is 9.68. The van der Waals surface area contributed by atoms with Gasteiger partial charge < -0.3 is 10.2 Å². The van der Waals surface area contributed by atoms with E-state index in [1.165, 1.54) is 0 Å². The van der Waals surface area contributed by atoms with Gasteiger partial charge in [0.2, 0.25) is 0 Å². The summed E-state index contributed by atoms with van der Waals surface area (Å²) in [6, 6.07) is 0.0438. The van der Waals surface area contributed by atoms with Crippen molar-refractivity contribution in [3.05, 3.63) is 23.9 Å². The monoisotopic (exact) mass is 339 g/mol. The number of amides is 1. The molecule has 0 aromatic heterocycles. The molecule has 2 aliphatic rings. The van der Waals surface area contributed by atoms with E-state index in [-0.39, 0.29) is 23.5 Å². The minimum Gasteiger partial charge on any atom is -0.349 e. The summed E-state index contributed by atoms with van der Waals surface area (Å²) in [6.07, 6.45) is 8.20. The van der Waals surface area contributed by atoms with Gasteiger partial charge in [-0.2, -0.15) is 0 Å². The number of fused-ring (bicyclic) bond motifs is 1. The second-order valence-electron chi connectivity index (χ2n) is 6.52. The average Bonchev–Trinajstić information content (AvgIpc) is 2.45. The second-order valence-corrected chi connectivity index (χ2v) is 8.27. The maximum atomic E-state index is 12.5. The molecule has 0 bridgehead atoms. The Hall–Kier alpha value is -1.63. The minimum atomic E-state index is -3.48. The molecule has 23 heavy (non-hydrogen) atoms. The molecule has 0 radical (unpaired) electrons. The van der Waals surface area contributed by atoms with Gasteiger partial charge in [0, 0.05) is 18.8 Å². The highest BCUT2D eigenvalue weighted by Gasteiger charge is 2.30. The molecule has 0 spiro atoms. The van der Waals surface area contributed by atoms with Gasteiger partial charge >= 0.3 is 0 Å². The highest BCUT2D eigenvalue weighted by molar-refractivity contribution is 7.90. The fraction of sp³-hybridized carbons (Fsp3) is 0.625. The quantitative estimate of drug-likeness (QED) is 0.800. The molecule has 1 amide bonds. The molecule has 1 N–H and O–H groups in total. The topological polar surface area (TPSA) is 78.8 Å². The van der Waals surface area contributed by atoms with Crippen molar-refractivity contribution < 1.29 is 13.2 Å². The Kier molecular flexibility index (Phi) is 5.62. The molecule has 0 aliphatic carbocycles. The van der Waals surface area contributed by atoms with Crippen molar-refractivity contribution in [1.29, 1.82) is 0 Å². The van der Waals surface area contributed by atoms with Crippen molar-refractivity contribution in [2.75, 3.05) is 12.3 Å². The predicted molar refractivity (Wildman–Crippen MR) is 91.4 cm³/mol. The van der Waals surface area contributed by atoms with Crippen molar-refractivity contribution in [3.63, 3.8) is 0 Å². The van der Waals surface area contributed by atoms with Gasteiger partial charge in [-0.1, -0.05) is 26.7 Å². The third-order valence-corrected chi connectivity index (χ3v) is 5.05. The number of allylic oxidation sites excluding steroid dienone is 2. The fourth-order valence-corrected chi connectivity index (χ4v) is 3.58. The fourth-order valence-electron chi connectivity index (χ4n) is 2.60. The molecule has 6 nitrogen and oxygen atoms in total. The van der Waals surface area contributed by atoms with Crippen molar-refractivity contribution in [3.8, 4) is 0 Å². The lowest BCUT2D eigenvalue weighted by Crippen LogP contribution is -2.43. The highest BCUT2D eigenvalue weighted by atomic mass is 32.2. The lowest BCUT2D eigenvalue weighted by atomic mass is 10.0. The number of amidine groups is 1. The lowest BCUT2D eigenvalue weighted by molar-refractivity contribution is -0.117. The van der Waals surface area contributed by atoms with Gasteiger partial charge in [-0.05, 0) is 31.4 Å². The minimum absolute atomic E-state index is 0.0264. The molecule has 0 fully saturated rings. The summed E-state index contributed by atoms with van der Waals surface area (Å²) in [6.45, 7) is 6.65. The van der Waals surface area contributed by atoms with Crippen LogP contribution in [-0.2, 0) is 14.8 Å². The Bertz CT molecular complexity index is 647. The Labute approximate surface area is 138 Å². The number of hydrogen-bond donors (Lipinski definition) is 1. The van der Waals surface area contributed by atoms with Crippen LogP contribution in [0.3, 0.4) is 0 Å². The van der Waals surface area contributed by atoms with Crippen LogP contribution in [0, 0.1) is 5.92 Å². The van der Waals surface area contributed by atoms with E-state index in [9.17, 15) is 13.2 Å². The number of rotatable bonds is 6. The van der Waals surface area contributed by atoms with E-state index in [0.717, 1.165) is 19.3 Å². The van der Waals surface area contributed by atoms with Crippen LogP contribution in [0.1, 0.15) is 40.0 Å². The van der Waals surface area contributed by atoms with Gasteiger partial charge in [0.25, 0.3) is 15.9 Å². The average molecular weight is 339 g/mol. The molecule has 2 aliphatic heterocycles. The number of carbonyl (C=O) groups excluding carboxylic acids is 1. The molecule has 0 aromatic rings. The molecule has 0 saturated heterocycles. The summed E-state index contributed by atoms with van der Waals surface area (Å²) in [5.41, 5.74) is 0.312. The third-order valence-electron chi connectivity index (χ3n) is 3.90.